The summed E-state index contributed by atoms with van der Waals surface area (Å²) in [5.41, 5.74) is 6.70. The number of benzene rings is 2. The zero-order chi connectivity index (χ0) is 16.7. The predicted molar refractivity (Wildman–Crippen MR) is 94.6 cm³/mol. The molecule has 23 heavy (non-hydrogen) atoms. The molecule has 0 radical (unpaired) electrons. The van der Waals surface area contributed by atoms with Crippen molar-refractivity contribution in [3.63, 3.8) is 0 Å². The standard InChI is InChI=1S/C17H20ClN3O2/c1-12(23-15-8-6-13(18)7-9-15)11-20-17(19)21-14-4-3-5-16(10-14)22-2/h3-10,12H,11H2,1-2H3,(H3,19,20,21). The van der Waals surface area contributed by atoms with E-state index in [1.54, 1.807) is 19.2 Å². The smallest absolute Gasteiger partial charge is 0.193 e. The SMILES string of the molecule is COc1cccc(NC(N)=NCC(C)Oc2ccc(Cl)cc2)c1. The molecule has 5 nitrogen and oxygen atoms in total. The highest BCUT2D eigenvalue weighted by Crippen LogP contribution is 2.17. The van der Waals surface area contributed by atoms with Crippen LogP contribution in [0, 0.1) is 0 Å². The number of nitrogens with zero attached hydrogens (tertiary/aromatic N) is 1. The Bertz CT molecular complexity index is 659. The Labute approximate surface area is 141 Å². The molecule has 1 atom stereocenters. The normalized spacial score (nSPS) is 12.6. The van der Waals surface area contributed by atoms with Crippen LogP contribution in [0.15, 0.2) is 53.5 Å². The van der Waals surface area contributed by atoms with E-state index in [9.17, 15) is 0 Å². The van der Waals surface area contributed by atoms with E-state index in [0.29, 0.717) is 17.5 Å². The molecule has 2 aromatic rings. The highest BCUT2D eigenvalue weighted by molar-refractivity contribution is 6.30. The summed E-state index contributed by atoms with van der Waals surface area (Å²) in [6.07, 6.45) is -0.109. The zero-order valence-electron chi connectivity index (χ0n) is 13.1. The summed E-state index contributed by atoms with van der Waals surface area (Å²) in [6.45, 7) is 2.36. The van der Waals surface area contributed by atoms with E-state index < -0.39 is 0 Å². The van der Waals surface area contributed by atoms with Gasteiger partial charge in [-0.2, -0.15) is 0 Å². The molecule has 2 aromatic carbocycles. The van der Waals surface area contributed by atoms with Gasteiger partial charge < -0.3 is 20.5 Å². The van der Waals surface area contributed by atoms with Crippen molar-refractivity contribution in [3.8, 4) is 11.5 Å². The number of methoxy groups -OCH3 is 1. The number of aliphatic imine (C=N–C) groups is 1. The van der Waals surface area contributed by atoms with Crippen LogP contribution in [0.25, 0.3) is 0 Å². The maximum Gasteiger partial charge on any atom is 0.193 e. The highest BCUT2D eigenvalue weighted by Gasteiger charge is 2.04. The molecule has 3 N–H and O–H groups in total. The fraction of sp³-hybridized carbons (Fsp3) is 0.235. The third kappa shape index (κ3) is 5.71. The van der Waals surface area contributed by atoms with Crippen molar-refractivity contribution in [2.75, 3.05) is 19.0 Å². The molecule has 0 amide bonds. The summed E-state index contributed by atoms with van der Waals surface area (Å²) in [6, 6.07) is 14.7. The van der Waals surface area contributed by atoms with Crippen molar-refractivity contribution in [1.82, 2.24) is 0 Å². The van der Waals surface area contributed by atoms with E-state index in [-0.39, 0.29) is 6.10 Å². The number of rotatable bonds is 6. The largest absolute Gasteiger partial charge is 0.497 e. The molecule has 122 valence electrons. The van der Waals surface area contributed by atoms with Crippen LogP contribution in [0.4, 0.5) is 5.69 Å². The fourth-order valence-electron chi connectivity index (χ4n) is 1.90. The van der Waals surface area contributed by atoms with E-state index in [1.165, 1.54) is 0 Å². The van der Waals surface area contributed by atoms with Crippen molar-refractivity contribution in [2.24, 2.45) is 10.7 Å². The van der Waals surface area contributed by atoms with Gasteiger partial charge in [0.15, 0.2) is 5.96 Å². The molecular weight excluding hydrogens is 314 g/mol. The molecule has 0 fully saturated rings. The molecule has 0 aliphatic rings. The second-order valence-electron chi connectivity index (χ2n) is 4.97. The molecule has 0 aliphatic carbocycles. The van der Waals surface area contributed by atoms with E-state index >= 15 is 0 Å². The van der Waals surface area contributed by atoms with Crippen molar-refractivity contribution < 1.29 is 9.47 Å². The Balaban J connectivity index is 1.86. The van der Waals surface area contributed by atoms with Crippen molar-refractivity contribution in [2.45, 2.75) is 13.0 Å². The number of anilines is 1. The zero-order valence-corrected chi connectivity index (χ0v) is 13.9. The first-order valence-electron chi connectivity index (χ1n) is 7.20. The van der Waals surface area contributed by atoms with Crippen molar-refractivity contribution >= 4 is 23.2 Å². The monoisotopic (exact) mass is 333 g/mol. The Hall–Kier alpha value is -2.40. The maximum absolute atomic E-state index is 5.88. The molecule has 6 heteroatoms. The van der Waals surface area contributed by atoms with Crippen molar-refractivity contribution in [3.05, 3.63) is 53.6 Å². The molecule has 0 saturated heterocycles. The Kier molecular flexibility index (Phi) is 6.11. The fourth-order valence-corrected chi connectivity index (χ4v) is 2.02. The van der Waals surface area contributed by atoms with Crippen LogP contribution >= 0.6 is 11.6 Å². The quantitative estimate of drug-likeness (QED) is 0.626. The van der Waals surface area contributed by atoms with Crippen LogP contribution < -0.4 is 20.5 Å². The van der Waals surface area contributed by atoms with Gasteiger partial charge in [0.05, 0.1) is 13.7 Å². The first-order chi connectivity index (χ1) is 11.1. The van der Waals surface area contributed by atoms with Gasteiger partial charge in [0.1, 0.15) is 17.6 Å². The van der Waals surface area contributed by atoms with Gasteiger partial charge in [-0.15, -0.1) is 0 Å². The lowest BCUT2D eigenvalue weighted by Crippen LogP contribution is -2.25. The minimum Gasteiger partial charge on any atom is -0.497 e. The predicted octanol–water partition coefficient (Wildman–Crippen LogP) is 3.54. The summed E-state index contributed by atoms with van der Waals surface area (Å²) in [7, 11) is 1.62. The van der Waals surface area contributed by atoms with Gasteiger partial charge in [-0.05, 0) is 43.3 Å². The van der Waals surface area contributed by atoms with Gasteiger partial charge >= 0.3 is 0 Å². The molecule has 1 unspecified atom stereocenters. The number of hydrogen-bond donors (Lipinski definition) is 2. The number of halogens is 1. The highest BCUT2D eigenvalue weighted by atomic mass is 35.5. The molecular formula is C17H20ClN3O2. The van der Waals surface area contributed by atoms with Gasteiger partial charge in [0.2, 0.25) is 0 Å². The number of nitrogens with one attached hydrogen (secondary N) is 1. The van der Waals surface area contributed by atoms with Gasteiger partial charge in [0, 0.05) is 16.8 Å². The second kappa shape index (κ2) is 8.29. The average molecular weight is 334 g/mol. The summed E-state index contributed by atoms with van der Waals surface area (Å²) >= 11 is 5.84. The number of nitrogens with two attached hydrogens (primary N) is 1. The minimum atomic E-state index is -0.109. The third-order valence-electron chi connectivity index (χ3n) is 3.01. The van der Waals surface area contributed by atoms with Crippen LogP contribution in [-0.2, 0) is 0 Å². The van der Waals surface area contributed by atoms with Crippen LogP contribution in [0.1, 0.15) is 6.92 Å². The molecule has 0 spiro atoms. The summed E-state index contributed by atoms with van der Waals surface area (Å²) in [5, 5.41) is 3.69. The molecule has 0 aliphatic heterocycles. The lowest BCUT2D eigenvalue weighted by atomic mass is 10.3. The van der Waals surface area contributed by atoms with E-state index in [1.807, 2.05) is 43.3 Å². The first kappa shape index (κ1) is 17.0. The molecule has 0 bridgehead atoms. The van der Waals surface area contributed by atoms with Gasteiger partial charge in [-0.1, -0.05) is 17.7 Å². The molecule has 0 saturated carbocycles. The van der Waals surface area contributed by atoms with Crippen LogP contribution in [-0.4, -0.2) is 25.7 Å². The Morgan fingerprint density at radius 1 is 1.22 bits per heavy atom. The minimum absolute atomic E-state index is 0.109. The molecule has 2 rings (SSSR count). The van der Waals surface area contributed by atoms with Gasteiger partial charge in [0.25, 0.3) is 0 Å². The number of guanidine groups is 1. The summed E-state index contributed by atoms with van der Waals surface area (Å²) in [5.74, 6) is 1.82. The molecule has 0 aromatic heterocycles. The maximum atomic E-state index is 5.88. The van der Waals surface area contributed by atoms with Gasteiger partial charge in [-0.25, -0.2) is 4.99 Å². The van der Waals surface area contributed by atoms with E-state index in [4.69, 9.17) is 26.8 Å². The Morgan fingerprint density at radius 2 is 1.96 bits per heavy atom. The Morgan fingerprint density at radius 3 is 2.65 bits per heavy atom. The van der Waals surface area contributed by atoms with Gasteiger partial charge in [-0.3, -0.25) is 0 Å². The van der Waals surface area contributed by atoms with Crippen LogP contribution in [0.2, 0.25) is 5.02 Å². The topological polar surface area (TPSA) is 68.9 Å². The van der Waals surface area contributed by atoms with Crippen LogP contribution in [0.5, 0.6) is 11.5 Å². The van der Waals surface area contributed by atoms with Crippen molar-refractivity contribution in [1.29, 1.82) is 0 Å². The lowest BCUT2D eigenvalue weighted by molar-refractivity contribution is 0.230. The average Bonchev–Trinajstić information content (AvgIpc) is 2.55. The number of hydrogen-bond acceptors (Lipinski definition) is 3. The second-order valence-corrected chi connectivity index (χ2v) is 5.40. The van der Waals surface area contributed by atoms with E-state index in [0.717, 1.165) is 17.2 Å². The molecule has 0 heterocycles. The number of ether oxygens (including phenoxy) is 2. The first-order valence-corrected chi connectivity index (χ1v) is 7.58. The third-order valence-corrected chi connectivity index (χ3v) is 3.26. The summed E-state index contributed by atoms with van der Waals surface area (Å²) < 4.78 is 10.9. The van der Waals surface area contributed by atoms with Crippen LogP contribution in [0.3, 0.4) is 0 Å². The van der Waals surface area contributed by atoms with E-state index in [2.05, 4.69) is 10.3 Å². The lowest BCUT2D eigenvalue weighted by Gasteiger charge is -2.13. The summed E-state index contributed by atoms with van der Waals surface area (Å²) in [4.78, 5) is 4.28.